The first-order valence-electron chi connectivity index (χ1n) is 10.3. The van der Waals surface area contributed by atoms with Crippen molar-refractivity contribution in [2.75, 3.05) is 13.1 Å². The van der Waals surface area contributed by atoms with Gasteiger partial charge >= 0.3 is 12.0 Å². The standard InChI is InChI=1S/C21H31N3O6S/c1-13(2)22-21(27)23-19(25)16(5)30-20(26)17-8-10-24(11-9-17)31(28,29)18-7-6-14(3)15(4)12-18/h6-7,12-13,16-17H,8-11H2,1-5H3,(H2,22,23,25,27). The van der Waals surface area contributed by atoms with Crippen molar-refractivity contribution in [2.24, 2.45) is 5.92 Å². The van der Waals surface area contributed by atoms with Crippen LogP contribution in [0.15, 0.2) is 23.1 Å². The van der Waals surface area contributed by atoms with Crippen molar-refractivity contribution < 1.29 is 27.5 Å². The van der Waals surface area contributed by atoms with E-state index < -0.39 is 40.0 Å². The second-order valence-electron chi connectivity index (χ2n) is 8.12. The van der Waals surface area contributed by atoms with Gasteiger partial charge in [-0.05, 0) is 70.7 Å². The Morgan fingerprint density at radius 2 is 1.68 bits per heavy atom. The number of hydrogen-bond acceptors (Lipinski definition) is 6. The molecule has 1 unspecified atom stereocenters. The summed E-state index contributed by atoms with van der Waals surface area (Å²) >= 11 is 0. The molecule has 1 aliphatic heterocycles. The first-order chi connectivity index (χ1) is 14.4. The quantitative estimate of drug-likeness (QED) is 0.634. The van der Waals surface area contributed by atoms with Gasteiger partial charge in [-0.3, -0.25) is 14.9 Å². The van der Waals surface area contributed by atoms with Crippen LogP contribution in [0, 0.1) is 19.8 Å². The third-order valence-corrected chi connectivity index (χ3v) is 7.12. The Bertz CT molecular complexity index is 936. The number of imide groups is 1. The number of carbonyl (C=O) groups excluding carboxylic acids is 3. The van der Waals surface area contributed by atoms with E-state index in [0.29, 0.717) is 12.8 Å². The molecule has 0 aromatic heterocycles. The van der Waals surface area contributed by atoms with E-state index in [4.69, 9.17) is 4.74 Å². The zero-order chi connectivity index (χ0) is 23.3. The Kier molecular flexibility index (Phi) is 8.19. The lowest BCUT2D eigenvalue weighted by atomic mass is 9.98. The summed E-state index contributed by atoms with van der Waals surface area (Å²) in [4.78, 5) is 36.3. The average molecular weight is 454 g/mol. The molecule has 0 spiro atoms. The second-order valence-corrected chi connectivity index (χ2v) is 10.1. The number of carbonyl (C=O) groups is 3. The highest BCUT2D eigenvalue weighted by atomic mass is 32.2. The van der Waals surface area contributed by atoms with Crippen LogP contribution in [0.4, 0.5) is 4.79 Å². The smallest absolute Gasteiger partial charge is 0.321 e. The fourth-order valence-corrected chi connectivity index (χ4v) is 4.75. The van der Waals surface area contributed by atoms with E-state index >= 15 is 0 Å². The van der Waals surface area contributed by atoms with E-state index in [1.54, 1.807) is 32.0 Å². The van der Waals surface area contributed by atoms with E-state index in [1.807, 2.05) is 13.8 Å². The molecule has 0 aliphatic carbocycles. The SMILES string of the molecule is Cc1ccc(S(=O)(=O)N2CCC(C(=O)OC(C)C(=O)NC(=O)NC(C)C)CC2)cc1C. The lowest BCUT2D eigenvalue weighted by molar-refractivity contribution is -0.159. The summed E-state index contributed by atoms with van der Waals surface area (Å²) in [5.41, 5.74) is 1.91. The number of urea groups is 1. The molecule has 1 aromatic carbocycles. The number of esters is 1. The van der Waals surface area contributed by atoms with Crippen molar-refractivity contribution >= 4 is 27.9 Å². The predicted molar refractivity (Wildman–Crippen MR) is 115 cm³/mol. The lowest BCUT2D eigenvalue weighted by Gasteiger charge is -2.30. The summed E-state index contributed by atoms with van der Waals surface area (Å²) in [5.74, 6) is -1.80. The topological polar surface area (TPSA) is 122 Å². The maximum Gasteiger partial charge on any atom is 0.321 e. The number of amides is 3. The molecule has 1 heterocycles. The molecule has 1 aliphatic rings. The molecule has 0 bridgehead atoms. The molecule has 0 radical (unpaired) electrons. The van der Waals surface area contributed by atoms with Crippen LogP contribution in [0.2, 0.25) is 0 Å². The molecule has 1 saturated heterocycles. The number of rotatable bonds is 6. The molecule has 3 amide bonds. The number of hydrogen-bond donors (Lipinski definition) is 2. The predicted octanol–water partition coefficient (Wildman–Crippen LogP) is 1.87. The minimum atomic E-state index is -3.64. The fourth-order valence-electron chi connectivity index (χ4n) is 3.19. The zero-order valence-corrected chi connectivity index (χ0v) is 19.4. The normalized spacial score (nSPS) is 16.6. The average Bonchev–Trinajstić information content (AvgIpc) is 2.69. The van der Waals surface area contributed by atoms with Crippen LogP contribution in [0.3, 0.4) is 0 Å². The molecule has 9 nitrogen and oxygen atoms in total. The summed E-state index contributed by atoms with van der Waals surface area (Å²) in [7, 11) is -3.64. The van der Waals surface area contributed by atoms with Gasteiger partial charge in [-0.1, -0.05) is 6.07 Å². The van der Waals surface area contributed by atoms with Gasteiger partial charge in [0.05, 0.1) is 10.8 Å². The second kappa shape index (κ2) is 10.2. The van der Waals surface area contributed by atoms with Crippen LogP contribution >= 0.6 is 0 Å². The summed E-state index contributed by atoms with van der Waals surface area (Å²) in [6, 6.07) is 4.22. The molecule has 1 fully saturated rings. The Hall–Kier alpha value is -2.46. The van der Waals surface area contributed by atoms with Crippen molar-refractivity contribution in [3.63, 3.8) is 0 Å². The van der Waals surface area contributed by atoms with E-state index in [-0.39, 0.29) is 24.0 Å². The molecule has 0 saturated carbocycles. The van der Waals surface area contributed by atoms with Crippen LogP contribution in [0.25, 0.3) is 0 Å². The number of ether oxygens (including phenoxy) is 1. The third-order valence-electron chi connectivity index (χ3n) is 5.22. The molecule has 1 atom stereocenters. The molecule has 1 aromatic rings. The molecule has 10 heteroatoms. The van der Waals surface area contributed by atoms with Crippen molar-refractivity contribution in [1.29, 1.82) is 0 Å². The van der Waals surface area contributed by atoms with Crippen molar-refractivity contribution in [2.45, 2.75) is 64.5 Å². The number of nitrogens with one attached hydrogen (secondary N) is 2. The summed E-state index contributed by atoms with van der Waals surface area (Å²) in [5, 5.41) is 4.63. The van der Waals surface area contributed by atoms with Crippen LogP contribution in [-0.4, -0.2) is 55.9 Å². The van der Waals surface area contributed by atoms with Gasteiger partial charge in [-0.2, -0.15) is 4.31 Å². The van der Waals surface area contributed by atoms with Crippen LogP contribution < -0.4 is 10.6 Å². The highest BCUT2D eigenvalue weighted by molar-refractivity contribution is 7.89. The number of nitrogens with zero attached hydrogens (tertiary/aromatic N) is 1. The van der Waals surface area contributed by atoms with Gasteiger partial charge in [0, 0.05) is 19.1 Å². The van der Waals surface area contributed by atoms with Crippen LogP contribution in [0.5, 0.6) is 0 Å². The van der Waals surface area contributed by atoms with Gasteiger partial charge in [0.25, 0.3) is 5.91 Å². The number of sulfonamides is 1. The zero-order valence-electron chi connectivity index (χ0n) is 18.6. The van der Waals surface area contributed by atoms with Gasteiger partial charge < -0.3 is 10.1 Å². The van der Waals surface area contributed by atoms with Crippen LogP contribution in [-0.2, 0) is 24.3 Å². The van der Waals surface area contributed by atoms with Gasteiger partial charge in [-0.25, -0.2) is 13.2 Å². The van der Waals surface area contributed by atoms with E-state index in [2.05, 4.69) is 10.6 Å². The fraction of sp³-hybridized carbons (Fsp3) is 0.571. The Labute approximate surface area is 183 Å². The van der Waals surface area contributed by atoms with Gasteiger partial charge in [0.1, 0.15) is 0 Å². The Balaban J connectivity index is 1.90. The van der Waals surface area contributed by atoms with E-state index in [1.165, 1.54) is 11.2 Å². The third kappa shape index (κ3) is 6.51. The minimum absolute atomic E-state index is 0.143. The highest BCUT2D eigenvalue weighted by Crippen LogP contribution is 2.26. The number of aryl methyl sites for hydroxylation is 2. The molecule has 172 valence electrons. The minimum Gasteiger partial charge on any atom is -0.452 e. The first kappa shape index (κ1) is 24.8. The van der Waals surface area contributed by atoms with Gasteiger partial charge in [-0.15, -0.1) is 0 Å². The van der Waals surface area contributed by atoms with E-state index in [0.717, 1.165) is 11.1 Å². The monoisotopic (exact) mass is 453 g/mol. The summed E-state index contributed by atoms with van der Waals surface area (Å²) < 4.78 is 32.3. The molecule has 2 rings (SSSR count). The van der Waals surface area contributed by atoms with Crippen molar-refractivity contribution in [3.8, 4) is 0 Å². The van der Waals surface area contributed by atoms with Gasteiger partial charge in [0.15, 0.2) is 6.10 Å². The van der Waals surface area contributed by atoms with E-state index in [9.17, 15) is 22.8 Å². The maximum atomic E-state index is 12.9. The summed E-state index contributed by atoms with van der Waals surface area (Å²) in [6.45, 7) is 9.04. The molecular formula is C21H31N3O6S. The largest absolute Gasteiger partial charge is 0.452 e. The first-order valence-corrected chi connectivity index (χ1v) is 11.7. The number of piperidine rings is 1. The molecule has 31 heavy (non-hydrogen) atoms. The van der Waals surface area contributed by atoms with Gasteiger partial charge in [0.2, 0.25) is 10.0 Å². The summed E-state index contributed by atoms with van der Waals surface area (Å²) in [6.07, 6.45) is -0.543. The number of benzene rings is 1. The lowest BCUT2D eigenvalue weighted by Crippen LogP contribution is -2.47. The Morgan fingerprint density at radius 1 is 1.06 bits per heavy atom. The molecular weight excluding hydrogens is 422 g/mol. The van der Waals surface area contributed by atoms with Crippen LogP contribution in [0.1, 0.15) is 44.7 Å². The molecule has 2 N–H and O–H groups in total. The van der Waals surface area contributed by atoms with Crippen molar-refractivity contribution in [3.05, 3.63) is 29.3 Å². The highest BCUT2D eigenvalue weighted by Gasteiger charge is 2.34. The maximum absolute atomic E-state index is 12.9. The van der Waals surface area contributed by atoms with Crippen molar-refractivity contribution in [1.82, 2.24) is 14.9 Å². The Morgan fingerprint density at radius 3 is 2.23 bits per heavy atom.